The summed E-state index contributed by atoms with van der Waals surface area (Å²) in [6.07, 6.45) is 2.76. The van der Waals surface area contributed by atoms with Crippen molar-refractivity contribution in [3.63, 3.8) is 0 Å². The molecule has 1 aliphatic rings. The number of nitrogens with zero attached hydrogens (tertiary/aromatic N) is 6. The van der Waals surface area contributed by atoms with Gasteiger partial charge in [0.05, 0.1) is 4.92 Å². The SMILES string of the molecule is N#Cc1ncn(CC(=O)N2CCCc3cc([N+](=O)[O-])ccc32)n1. The second kappa shape index (κ2) is 5.84. The Balaban J connectivity index is 1.83. The Morgan fingerprint density at radius 2 is 2.30 bits per heavy atom. The van der Waals surface area contributed by atoms with Gasteiger partial charge in [0.25, 0.3) is 11.5 Å². The highest BCUT2D eigenvalue weighted by atomic mass is 16.6. The van der Waals surface area contributed by atoms with Gasteiger partial charge in [-0.25, -0.2) is 9.67 Å². The van der Waals surface area contributed by atoms with E-state index in [0.717, 1.165) is 12.0 Å². The van der Waals surface area contributed by atoms with Crippen molar-refractivity contribution in [2.75, 3.05) is 11.4 Å². The zero-order valence-electron chi connectivity index (χ0n) is 12.0. The fourth-order valence-electron chi connectivity index (χ4n) is 2.60. The summed E-state index contributed by atoms with van der Waals surface area (Å²) in [7, 11) is 0. The molecule has 3 rings (SSSR count). The third kappa shape index (κ3) is 2.87. The maximum Gasteiger partial charge on any atom is 0.269 e. The number of hydrogen-bond acceptors (Lipinski definition) is 6. The zero-order valence-corrected chi connectivity index (χ0v) is 12.0. The third-order valence-electron chi connectivity index (χ3n) is 3.63. The van der Waals surface area contributed by atoms with E-state index in [4.69, 9.17) is 5.26 Å². The fourth-order valence-corrected chi connectivity index (χ4v) is 2.60. The van der Waals surface area contributed by atoms with E-state index in [1.807, 2.05) is 0 Å². The van der Waals surface area contributed by atoms with Gasteiger partial charge in [0, 0.05) is 24.4 Å². The second-order valence-electron chi connectivity index (χ2n) is 5.10. The number of aryl methyl sites for hydroxylation is 1. The van der Waals surface area contributed by atoms with Crippen molar-refractivity contribution < 1.29 is 9.72 Å². The molecule has 0 saturated carbocycles. The van der Waals surface area contributed by atoms with E-state index in [1.54, 1.807) is 17.0 Å². The number of amides is 1. The van der Waals surface area contributed by atoms with Crippen LogP contribution < -0.4 is 4.90 Å². The molecule has 1 aromatic carbocycles. The number of rotatable bonds is 3. The van der Waals surface area contributed by atoms with Crippen LogP contribution in [0.25, 0.3) is 0 Å². The van der Waals surface area contributed by atoms with Crippen LogP contribution in [0.4, 0.5) is 11.4 Å². The molecule has 0 saturated heterocycles. The zero-order chi connectivity index (χ0) is 16.4. The molecule has 0 N–H and O–H groups in total. The molecule has 0 bridgehead atoms. The van der Waals surface area contributed by atoms with Gasteiger partial charge in [0.15, 0.2) is 0 Å². The molecule has 1 amide bonds. The lowest BCUT2D eigenvalue weighted by atomic mass is 10.0. The maximum absolute atomic E-state index is 12.5. The van der Waals surface area contributed by atoms with Gasteiger partial charge < -0.3 is 4.90 Å². The second-order valence-corrected chi connectivity index (χ2v) is 5.10. The highest BCUT2D eigenvalue weighted by molar-refractivity contribution is 5.94. The molecule has 0 radical (unpaired) electrons. The van der Waals surface area contributed by atoms with Gasteiger partial charge in [-0.1, -0.05) is 0 Å². The van der Waals surface area contributed by atoms with Gasteiger partial charge in [-0.05, 0) is 24.5 Å². The number of nitro benzene ring substituents is 1. The van der Waals surface area contributed by atoms with Crippen LogP contribution in [0.3, 0.4) is 0 Å². The minimum Gasteiger partial charge on any atom is -0.311 e. The molecule has 23 heavy (non-hydrogen) atoms. The smallest absolute Gasteiger partial charge is 0.269 e. The van der Waals surface area contributed by atoms with Crippen LogP contribution in [0.5, 0.6) is 0 Å². The quantitative estimate of drug-likeness (QED) is 0.617. The summed E-state index contributed by atoms with van der Waals surface area (Å²) < 4.78 is 1.31. The first-order valence-corrected chi connectivity index (χ1v) is 6.95. The van der Waals surface area contributed by atoms with E-state index < -0.39 is 4.92 Å². The average Bonchev–Trinajstić information content (AvgIpc) is 3.01. The number of nitriles is 1. The van der Waals surface area contributed by atoms with Crippen LogP contribution in [0.2, 0.25) is 0 Å². The Kier molecular flexibility index (Phi) is 3.72. The third-order valence-corrected chi connectivity index (χ3v) is 3.63. The van der Waals surface area contributed by atoms with Crippen molar-refractivity contribution >= 4 is 17.3 Å². The lowest BCUT2D eigenvalue weighted by molar-refractivity contribution is -0.384. The summed E-state index contributed by atoms with van der Waals surface area (Å²) in [5, 5.41) is 23.4. The van der Waals surface area contributed by atoms with E-state index in [2.05, 4.69) is 10.1 Å². The Hall–Kier alpha value is -3.28. The summed E-state index contributed by atoms with van der Waals surface area (Å²) in [5.41, 5.74) is 1.50. The van der Waals surface area contributed by atoms with E-state index in [9.17, 15) is 14.9 Å². The molecule has 9 heteroatoms. The van der Waals surface area contributed by atoms with Gasteiger partial charge >= 0.3 is 0 Å². The van der Waals surface area contributed by atoms with E-state index in [-0.39, 0.29) is 24.0 Å². The van der Waals surface area contributed by atoms with Gasteiger partial charge in [0.1, 0.15) is 18.9 Å². The average molecular weight is 312 g/mol. The topological polar surface area (TPSA) is 118 Å². The predicted molar refractivity (Wildman–Crippen MR) is 78.5 cm³/mol. The molecule has 116 valence electrons. The summed E-state index contributed by atoms with van der Waals surface area (Å²) >= 11 is 0. The molecule has 9 nitrogen and oxygen atoms in total. The first-order chi connectivity index (χ1) is 11.1. The highest BCUT2D eigenvalue weighted by Crippen LogP contribution is 2.30. The van der Waals surface area contributed by atoms with Gasteiger partial charge in [0.2, 0.25) is 5.91 Å². The van der Waals surface area contributed by atoms with Gasteiger partial charge in [-0.15, -0.1) is 5.10 Å². The normalized spacial score (nSPS) is 13.3. The lowest BCUT2D eigenvalue weighted by Gasteiger charge is -2.29. The van der Waals surface area contributed by atoms with Crippen LogP contribution >= 0.6 is 0 Å². The Labute approximate surface area is 130 Å². The Morgan fingerprint density at radius 1 is 1.48 bits per heavy atom. The van der Waals surface area contributed by atoms with Crippen molar-refractivity contribution in [1.29, 1.82) is 5.26 Å². The van der Waals surface area contributed by atoms with Crippen molar-refractivity contribution in [2.24, 2.45) is 0 Å². The van der Waals surface area contributed by atoms with Crippen molar-refractivity contribution in [3.05, 3.63) is 46.0 Å². The molecule has 0 spiro atoms. The number of anilines is 1. The summed E-state index contributed by atoms with van der Waals surface area (Å²) in [6.45, 7) is 0.508. The van der Waals surface area contributed by atoms with Crippen molar-refractivity contribution in [2.45, 2.75) is 19.4 Å². The van der Waals surface area contributed by atoms with Crippen LogP contribution in [0.15, 0.2) is 24.5 Å². The fraction of sp³-hybridized carbons (Fsp3) is 0.286. The Bertz CT molecular complexity index is 822. The first-order valence-electron chi connectivity index (χ1n) is 6.95. The summed E-state index contributed by atoms with van der Waals surface area (Å²) in [6, 6.07) is 6.31. The number of nitro groups is 1. The predicted octanol–water partition coefficient (Wildman–Crippen LogP) is 1.04. The molecular weight excluding hydrogens is 300 g/mol. The monoisotopic (exact) mass is 312 g/mol. The molecular formula is C14H12N6O3. The van der Waals surface area contributed by atoms with Crippen LogP contribution in [0.1, 0.15) is 17.8 Å². The lowest BCUT2D eigenvalue weighted by Crippen LogP contribution is -2.37. The molecule has 1 aliphatic heterocycles. The molecule has 0 fully saturated rings. The molecule has 0 aliphatic carbocycles. The number of fused-ring (bicyclic) bond motifs is 1. The molecule has 2 aromatic rings. The van der Waals surface area contributed by atoms with Crippen LogP contribution in [-0.4, -0.2) is 32.1 Å². The number of hydrogen-bond donors (Lipinski definition) is 0. The van der Waals surface area contributed by atoms with Gasteiger partial charge in [-0.3, -0.25) is 14.9 Å². The number of carbonyl (C=O) groups is 1. The van der Waals surface area contributed by atoms with E-state index >= 15 is 0 Å². The highest BCUT2D eigenvalue weighted by Gasteiger charge is 2.24. The molecule has 0 unspecified atom stereocenters. The first kappa shape index (κ1) is 14.6. The summed E-state index contributed by atoms with van der Waals surface area (Å²) in [5.74, 6) is -0.193. The largest absolute Gasteiger partial charge is 0.311 e. The number of carbonyl (C=O) groups excluding carboxylic acids is 1. The maximum atomic E-state index is 12.5. The van der Waals surface area contributed by atoms with E-state index in [0.29, 0.717) is 18.7 Å². The minimum atomic E-state index is -0.445. The number of non-ortho nitro benzene ring substituents is 1. The molecule has 1 aromatic heterocycles. The molecule has 0 atom stereocenters. The van der Waals surface area contributed by atoms with Gasteiger partial charge in [-0.2, -0.15) is 5.26 Å². The Morgan fingerprint density at radius 3 is 3.00 bits per heavy atom. The van der Waals surface area contributed by atoms with Crippen LogP contribution in [-0.2, 0) is 17.8 Å². The van der Waals surface area contributed by atoms with Crippen molar-refractivity contribution in [3.8, 4) is 6.07 Å². The summed E-state index contributed by atoms with van der Waals surface area (Å²) in [4.78, 5) is 28.2. The standard InChI is InChI=1S/C14H12N6O3/c15-7-13-16-9-18(17-13)8-14(21)19-5-1-2-10-6-11(20(22)23)3-4-12(10)19/h3-4,6,9H,1-2,5,8H2. The van der Waals surface area contributed by atoms with Crippen molar-refractivity contribution in [1.82, 2.24) is 14.8 Å². The number of benzene rings is 1. The minimum absolute atomic E-state index is 0.00692. The van der Waals surface area contributed by atoms with E-state index in [1.165, 1.54) is 23.1 Å². The van der Waals surface area contributed by atoms with Crippen LogP contribution in [0, 0.1) is 21.4 Å². The molecule has 2 heterocycles. The number of aromatic nitrogens is 3.